The van der Waals surface area contributed by atoms with Crippen molar-refractivity contribution >= 4 is 23.5 Å². The number of carboxylic acids is 1. The molecule has 0 radical (unpaired) electrons. The van der Waals surface area contributed by atoms with Crippen LogP contribution in [0.25, 0.3) is 0 Å². The highest BCUT2D eigenvalue weighted by Gasteiger charge is 2.23. The highest BCUT2D eigenvalue weighted by molar-refractivity contribution is 6.32. The zero-order chi connectivity index (χ0) is 19.8. The van der Waals surface area contributed by atoms with Crippen LogP contribution in [0.15, 0.2) is 42.5 Å². The number of aliphatic carboxylic acids is 1. The molecule has 1 unspecified atom stereocenters. The molecule has 7 heteroatoms. The molecule has 0 heterocycles. The van der Waals surface area contributed by atoms with Crippen molar-refractivity contribution in [2.75, 3.05) is 13.7 Å². The number of hydrogen-bond donors (Lipinski definition) is 2. The maximum atomic E-state index is 12.2. The Morgan fingerprint density at radius 2 is 1.89 bits per heavy atom. The molecule has 1 amide bonds. The highest BCUT2D eigenvalue weighted by atomic mass is 35.5. The average molecular weight is 392 g/mol. The summed E-state index contributed by atoms with van der Waals surface area (Å²) >= 11 is 6.05. The molecule has 6 nitrogen and oxygen atoms in total. The van der Waals surface area contributed by atoms with Gasteiger partial charge in [0, 0.05) is 6.42 Å². The van der Waals surface area contributed by atoms with Gasteiger partial charge < -0.3 is 19.9 Å². The van der Waals surface area contributed by atoms with Gasteiger partial charge in [-0.3, -0.25) is 4.79 Å². The summed E-state index contributed by atoms with van der Waals surface area (Å²) in [5.41, 5.74) is 1.34. The molecule has 2 N–H and O–H groups in total. The van der Waals surface area contributed by atoms with Crippen LogP contribution in [0.2, 0.25) is 5.02 Å². The van der Waals surface area contributed by atoms with E-state index in [1.807, 2.05) is 31.2 Å². The molecule has 2 aromatic carbocycles. The summed E-state index contributed by atoms with van der Waals surface area (Å²) in [5.74, 6) is -0.312. The summed E-state index contributed by atoms with van der Waals surface area (Å²) in [4.78, 5) is 23.8. The molecule has 0 saturated carbocycles. The minimum atomic E-state index is -1.18. The number of benzene rings is 2. The number of carbonyl (C=O) groups is 2. The van der Waals surface area contributed by atoms with E-state index in [-0.39, 0.29) is 17.4 Å². The molecular weight excluding hydrogens is 370 g/mol. The first-order chi connectivity index (χ1) is 12.9. The fourth-order valence-electron chi connectivity index (χ4n) is 2.56. The number of carboxylic acid groups (broad SMARTS) is 1. The van der Waals surface area contributed by atoms with E-state index in [0.717, 1.165) is 11.3 Å². The van der Waals surface area contributed by atoms with E-state index in [4.69, 9.17) is 21.1 Å². The second kappa shape index (κ2) is 9.83. The molecule has 0 saturated heterocycles. The second-order valence-electron chi connectivity index (χ2n) is 5.81. The number of aryl methyl sites for hydroxylation is 1. The predicted molar refractivity (Wildman–Crippen MR) is 102 cm³/mol. The first-order valence-corrected chi connectivity index (χ1v) is 8.89. The Balaban J connectivity index is 1.98. The molecule has 0 spiro atoms. The van der Waals surface area contributed by atoms with Gasteiger partial charge in [0.25, 0.3) is 0 Å². The Labute approximate surface area is 163 Å². The predicted octanol–water partition coefficient (Wildman–Crippen LogP) is 3.62. The Morgan fingerprint density at radius 1 is 1.19 bits per heavy atom. The Kier molecular flexibility index (Phi) is 7.49. The molecule has 0 aliphatic heterocycles. The van der Waals surface area contributed by atoms with E-state index in [2.05, 4.69) is 5.32 Å². The van der Waals surface area contributed by atoms with Crippen LogP contribution in [0.5, 0.6) is 11.5 Å². The lowest BCUT2D eigenvalue weighted by atomic mass is 10.1. The summed E-state index contributed by atoms with van der Waals surface area (Å²) in [6, 6.07) is 10.9. The summed E-state index contributed by atoms with van der Waals surface area (Å²) in [6.07, 6.45) is 0.662. The minimum absolute atomic E-state index is 0.168. The van der Waals surface area contributed by atoms with E-state index in [0.29, 0.717) is 24.3 Å². The van der Waals surface area contributed by atoms with Gasteiger partial charge in [-0.05, 0) is 48.7 Å². The van der Waals surface area contributed by atoms with E-state index in [9.17, 15) is 14.7 Å². The number of nitrogens with one attached hydrogen (secondary N) is 1. The van der Waals surface area contributed by atoms with Crippen molar-refractivity contribution in [2.24, 2.45) is 0 Å². The van der Waals surface area contributed by atoms with Crippen molar-refractivity contribution in [1.29, 1.82) is 0 Å². The molecule has 2 aromatic rings. The maximum absolute atomic E-state index is 12.2. The lowest BCUT2D eigenvalue weighted by Gasteiger charge is -2.16. The van der Waals surface area contributed by atoms with Gasteiger partial charge in [0.2, 0.25) is 5.91 Å². The van der Waals surface area contributed by atoms with Crippen LogP contribution in [-0.2, 0) is 16.0 Å². The van der Waals surface area contributed by atoms with Gasteiger partial charge in [-0.1, -0.05) is 29.8 Å². The Bertz CT molecular complexity index is 791. The third-order valence-electron chi connectivity index (χ3n) is 3.94. The van der Waals surface area contributed by atoms with Gasteiger partial charge in [-0.25, -0.2) is 4.79 Å². The van der Waals surface area contributed by atoms with Gasteiger partial charge in [-0.15, -0.1) is 0 Å². The largest absolute Gasteiger partial charge is 0.495 e. The number of ether oxygens (including phenoxy) is 2. The lowest BCUT2D eigenvalue weighted by Crippen LogP contribution is -2.33. The van der Waals surface area contributed by atoms with Crippen molar-refractivity contribution in [3.8, 4) is 11.5 Å². The molecule has 2 rings (SSSR count). The topological polar surface area (TPSA) is 84.9 Å². The van der Waals surface area contributed by atoms with E-state index >= 15 is 0 Å². The molecule has 0 fully saturated rings. The highest BCUT2D eigenvalue weighted by Crippen LogP contribution is 2.28. The van der Waals surface area contributed by atoms with Gasteiger partial charge in [-0.2, -0.15) is 0 Å². The quantitative estimate of drug-likeness (QED) is 0.682. The normalized spacial score (nSPS) is 11.5. The van der Waals surface area contributed by atoms with Crippen LogP contribution >= 0.6 is 11.6 Å². The monoisotopic (exact) mass is 391 g/mol. The number of carbonyl (C=O) groups excluding carboxylic acids is 1. The summed E-state index contributed by atoms with van der Waals surface area (Å²) < 4.78 is 10.4. The van der Waals surface area contributed by atoms with Crippen molar-refractivity contribution in [3.63, 3.8) is 0 Å². The van der Waals surface area contributed by atoms with E-state index in [1.165, 1.54) is 13.2 Å². The molecule has 0 aromatic heterocycles. The Hall–Kier alpha value is -2.73. The molecule has 144 valence electrons. The Morgan fingerprint density at radius 3 is 2.44 bits per heavy atom. The molecular formula is C20H22ClNO5. The summed E-state index contributed by atoms with van der Waals surface area (Å²) in [7, 11) is 1.47. The first kappa shape index (κ1) is 20.6. The van der Waals surface area contributed by atoms with Crippen LogP contribution in [0.4, 0.5) is 0 Å². The van der Waals surface area contributed by atoms with Crippen molar-refractivity contribution in [3.05, 3.63) is 58.6 Å². The van der Waals surface area contributed by atoms with Gasteiger partial charge in [0.15, 0.2) is 6.04 Å². The smallest absolute Gasteiger partial charge is 0.330 e. The number of hydrogen-bond acceptors (Lipinski definition) is 4. The van der Waals surface area contributed by atoms with Crippen LogP contribution < -0.4 is 14.8 Å². The van der Waals surface area contributed by atoms with Crippen molar-refractivity contribution < 1.29 is 24.2 Å². The third-order valence-corrected chi connectivity index (χ3v) is 4.23. The van der Waals surface area contributed by atoms with Crippen LogP contribution in [0, 0.1) is 0 Å². The number of halogens is 1. The molecule has 0 bridgehead atoms. The van der Waals surface area contributed by atoms with Gasteiger partial charge in [0.1, 0.15) is 11.5 Å². The van der Waals surface area contributed by atoms with Crippen LogP contribution in [-0.4, -0.2) is 30.7 Å². The average Bonchev–Trinajstić information content (AvgIpc) is 2.65. The molecule has 0 aliphatic carbocycles. The first-order valence-electron chi connectivity index (χ1n) is 8.52. The number of methoxy groups -OCH3 is 1. The van der Waals surface area contributed by atoms with E-state index in [1.54, 1.807) is 12.1 Å². The second-order valence-corrected chi connectivity index (χ2v) is 6.22. The van der Waals surface area contributed by atoms with Crippen molar-refractivity contribution in [2.45, 2.75) is 25.8 Å². The fourth-order valence-corrected chi connectivity index (χ4v) is 2.83. The van der Waals surface area contributed by atoms with Crippen LogP contribution in [0.1, 0.15) is 30.5 Å². The third kappa shape index (κ3) is 5.89. The van der Waals surface area contributed by atoms with Crippen LogP contribution in [0.3, 0.4) is 0 Å². The van der Waals surface area contributed by atoms with Gasteiger partial charge in [0.05, 0.1) is 18.7 Å². The maximum Gasteiger partial charge on any atom is 0.330 e. The number of amides is 1. The zero-order valence-electron chi connectivity index (χ0n) is 15.2. The van der Waals surface area contributed by atoms with Gasteiger partial charge >= 0.3 is 5.97 Å². The lowest BCUT2D eigenvalue weighted by molar-refractivity contribution is -0.142. The summed E-state index contributed by atoms with van der Waals surface area (Å²) in [5, 5.41) is 12.3. The fraction of sp³-hybridized carbons (Fsp3) is 0.300. The molecule has 0 aliphatic rings. The summed E-state index contributed by atoms with van der Waals surface area (Å²) in [6.45, 7) is 2.50. The SMILES string of the molecule is CCOc1ccc(CCC(=O)NC(C(=O)O)c2ccc(OC)c(Cl)c2)cc1. The van der Waals surface area contributed by atoms with E-state index < -0.39 is 12.0 Å². The zero-order valence-corrected chi connectivity index (χ0v) is 16.0. The van der Waals surface area contributed by atoms with Crippen molar-refractivity contribution in [1.82, 2.24) is 5.32 Å². The molecule has 1 atom stereocenters. The molecule has 27 heavy (non-hydrogen) atoms. The minimum Gasteiger partial charge on any atom is -0.495 e. The number of rotatable bonds is 9. The standard InChI is InChI=1S/C20H22ClNO5/c1-3-27-15-8-4-13(5-9-15)6-11-18(23)22-19(20(24)25)14-7-10-17(26-2)16(21)12-14/h4-5,7-10,12,19H,3,6,11H2,1-2H3,(H,22,23)(H,24,25).